The number of hydrogen-bond donors (Lipinski definition) is 2. The number of piperidine rings is 1. The first kappa shape index (κ1) is 16.4. The van der Waals surface area contributed by atoms with Crippen LogP contribution in [0.4, 0.5) is 0 Å². The molecule has 0 spiro atoms. The molecule has 1 aromatic heterocycles. The molecule has 2 aromatic rings. The third kappa shape index (κ3) is 3.91. The molecule has 5 nitrogen and oxygen atoms in total. The lowest BCUT2D eigenvalue weighted by atomic mass is 10.0. The average molecular weight is 335 g/mol. The summed E-state index contributed by atoms with van der Waals surface area (Å²) >= 11 is 5.96. The molecule has 0 atom stereocenters. The van der Waals surface area contributed by atoms with Crippen molar-refractivity contribution in [1.82, 2.24) is 20.2 Å². The van der Waals surface area contributed by atoms with Gasteiger partial charge in [-0.25, -0.2) is 4.98 Å². The summed E-state index contributed by atoms with van der Waals surface area (Å²) in [5.41, 5.74) is 0.587. The minimum absolute atomic E-state index is 0.116. The third-order valence-electron chi connectivity index (χ3n) is 4.41. The Morgan fingerprint density at radius 3 is 2.87 bits per heavy atom. The summed E-state index contributed by atoms with van der Waals surface area (Å²) in [7, 11) is 0. The zero-order valence-electron chi connectivity index (χ0n) is 13.4. The zero-order chi connectivity index (χ0) is 16.2. The van der Waals surface area contributed by atoms with Gasteiger partial charge in [0, 0.05) is 11.1 Å². The third-order valence-corrected chi connectivity index (χ3v) is 4.64. The molecule has 2 heterocycles. The maximum absolute atomic E-state index is 12.3. The normalized spacial score (nSPS) is 16.3. The molecular weight excluding hydrogens is 312 g/mol. The second-order valence-electron chi connectivity index (χ2n) is 6.13. The summed E-state index contributed by atoms with van der Waals surface area (Å²) in [6.07, 6.45) is 3.39. The Morgan fingerprint density at radius 2 is 2.13 bits per heavy atom. The van der Waals surface area contributed by atoms with Gasteiger partial charge in [0.2, 0.25) is 0 Å². The molecule has 23 heavy (non-hydrogen) atoms. The fourth-order valence-electron chi connectivity index (χ4n) is 3.28. The topological polar surface area (TPSA) is 61.0 Å². The minimum Gasteiger partial charge on any atom is -0.317 e. The van der Waals surface area contributed by atoms with Crippen LogP contribution in [-0.2, 0) is 6.54 Å². The number of halogens is 1. The lowest BCUT2D eigenvalue weighted by Gasteiger charge is -2.34. The van der Waals surface area contributed by atoms with Crippen LogP contribution in [0.2, 0.25) is 5.02 Å². The first-order chi connectivity index (χ1) is 11.2. The van der Waals surface area contributed by atoms with Crippen molar-refractivity contribution in [2.45, 2.75) is 38.8 Å². The van der Waals surface area contributed by atoms with E-state index in [4.69, 9.17) is 11.6 Å². The van der Waals surface area contributed by atoms with E-state index in [0.29, 0.717) is 28.5 Å². The molecule has 0 unspecified atom stereocenters. The van der Waals surface area contributed by atoms with E-state index in [1.165, 1.54) is 0 Å². The van der Waals surface area contributed by atoms with E-state index in [1.54, 1.807) is 12.1 Å². The number of aromatic nitrogens is 2. The standard InChI is InChI=1S/C17H23ClN4O/c1-2-9-22(13-5-7-19-8-6-13)11-16-20-15-4-3-12(18)10-14(15)17(23)21-16/h3-4,10,13,19H,2,5-9,11H2,1H3,(H,20,21,23). The van der Waals surface area contributed by atoms with Gasteiger partial charge >= 0.3 is 0 Å². The summed E-state index contributed by atoms with van der Waals surface area (Å²) < 4.78 is 0. The van der Waals surface area contributed by atoms with Gasteiger partial charge in [-0.2, -0.15) is 0 Å². The number of benzene rings is 1. The molecule has 1 aliphatic rings. The van der Waals surface area contributed by atoms with Gasteiger partial charge in [-0.3, -0.25) is 9.69 Å². The van der Waals surface area contributed by atoms with Crippen molar-refractivity contribution in [2.75, 3.05) is 19.6 Å². The molecule has 1 saturated heterocycles. The molecular formula is C17H23ClN4O. The number of rotatable bonds is 5. The fourth-order valence-corrected chi connectivity index (χ4v) is 3.45. The molecule has 0 radical (unpaired) electrons. The van der Waals surface area contributed by atoms with Crippen molar-refractivity contribution >= 4 is 22.5 Å². The molecule has 1 aromatic carbocycles. The Labute approximate surface area is 141 Å². The number of nitrogens with zero attached hydrogens (tertiary/aromatic N) is 2. The lowest BCUT2D eigenvalue weighted by Crippen LogP contribution is -2.43. The molecule has 0 saturated carbocycles. The number of H-pyrrole nitrogens is 1. The Kier molecular flexibility index (Phi) is 5.30. The van der Waals surface area contributed by atoms with Crippen molar-refractivity contribution < 1.29 is 0 Å². The van der Waals surface area contributed by atoms with Gasteiger partial charge in [-0.1, -0.05) is 18.5 Å². The molecule has 6 heteroatoms. The lowest BCUT2D eigenvalue weighted by molar-refractivity contribution is 0.150. The summed E-state index contributed by atoms with van der Waals surface area (Å²) in [5.74, 6) is 0.733. The van der Waals surface area contributed by atoms with E-state index in [2.05, 4.69) is 27.1 Å². The Morgan fingerprint density at radius 1 is 1.35 bits per heavy atom. The largest absolute Gasteiger partial charge is 0.317 e. The molecule has 2 N–H and O–H groups in total. The predicted molar refractivity (Wildman–Crippen MR) is 94.0 cm³/mol. The summed E-state index contributed by atoms with van der Waals surface area (Å²) in [4.78, 5) is 22.3. The van der Waals surface area contributed by atoms with Gasteiger partial charge in [0.1, 0.15) is 5.82 Å². The number of fused-ring (bicyclic) bond motifs is 1. The minimum atomic E-state index is -0.116. The SMILES string of the molecule is CCCN(Cc1nc2ccc(Cl)cc2c(=O)[nH]1)C1CCNCC1. The first-order valence-corrected chi connectivity index (χ1v) is 8.68. The van der Waals surface area contributed by atoms with E-state index in [-0.39, 0.29) is 5.56 Å². The van der Waals surface area contributed by atoms with Crippen molar-refractivity contribution in [3.8, 4) is 0 Å². The Balaban J connectivity index is 1.86. The molecule has 0 amide bonds. The van der Waals surface area contributed by atoms with Crippen molar-refractivity contribution in [2.24, 2.45) is 0 Å². The van der Waals surface area contributed by atoms with Crippen LogP contribution in [0.1, 0.15) is 32.0 Å². The highest BCUT2D eigenvalue weighted by atomic mass is 35.5. The number of nitrogens with one attached hydrogen (secondary N) is 2. The highest BCUT2D eigenvalue weighted by molar-refractivity contribution is 6.31. The molecule has 0 aliphatic carbocycles. The van der Waals surface area contributed by atoms with E-state index in [9.17, 15) is 4.79 Å². The van der Waals surface area contributed by atoms with E-state index in [1.807, 2.05) is 6.07 Å². The van der Waals surface area contributed by atoms with Crippen molar-refractivity contribution in [1.29, 1.82) is 0 Å². The van der Waals surface area contributed by atoms with Crippen LogP contribution in [0.5, 0.6) is 0 Å². The van der Waals surface area contributed by atoms with Crippen molar-refractivity contribution in [3.05, 3.63) is 39.4 Å². The van der Waals surface area contributed by atoms with Crippen LogP contribution in [-0.4, -0.2) is 40.5 Å². The molecule has 0 bridgehead atoms. The Bertz CT molecular complexity index is 724. The smallest absolute Gasteiger partial charge is 0.258 e. The van der Waals surface area contributed by atoms with Crippen LogP contribution >= 0.6 is 11.6 Å². The monoisotopic (exact) mass is 334 g/mol. The van der Waals surface area contributed by atoms with Gasteiger partial charge < -0.3 is 10.3 Å². The molecule has 1 aliphatic heterocycles. The van der Waals surface area contributed by atoms with Crippen LogP contribution in [0, 0.1) is 0 Å². The summed E-state index contributed by atoms with van der Waals surface area (Å²) in [6, 6.07) is 5.81. The van der Waals surface area contributed by atoms with Gasteiger partial charge in [0.25, 0.3) is 5.56 Å². The number of hydrogen-bond acceptors (Lipinski definition) is 4. The maximum Gasteiger partial charge on any atom is 0.258 e. The quantitative estimate of drug-likeness (QED) is 0.882. The van der Waals surface area contributed by atoms with E-state index >= 15 is 0 Å². The van der Waals surface area contributed by atoms with E-state index < -0.39 is 0 Å². The predicted octanol–water partition coefficient (Wildman–Crippen LogP) is 2.54. The van der Waals surface area contributed by atoms with Crippen LogP contribution in [0.15, 0.2) is 23.0 Å². The first-order valence-electron chi connectivity index (χ1n) is 8.30. The Hall–Kier alpha value is -1.43. The van der Waals surface area contributed by atoms with Gasteiger partial charge in [-0.15, -0.1) is 0 Å². The van der Waals surface area contributed by atoms with Crippen LogP contribution in [0.25, 0.3) is 10.9 Å². The second-order valence-corrected chi connectivity index (χ2v) is 6.56. The van der Waals surface area contributed by atoms with Crippen LogP contribution in [0.3, 0.4) is 0 Å². The molecule has 1 fully saturated rings. The summed E-state index contributed by atoms with van der Waals surface area (Å²) in [5, 5.41) is 4.50. The maximum atomic E-state index is 12.3. The van der Waals surface area contributed by atoms with Gasteiger partial charge in [-0.05, 0) is 57.1 Å². The summed E-state index contributed by atoms with van der Waals surface area (Å²) in [6.45, 7) is 6.02. The fraction of sp³-hybridized carbons (Fsp3) is 0.529. The van der Waals surface area contributed by atoms with Gasteiger partial charge in [0.15, 0.2) is 0 Å². The van der Waals surface area contributed by atoms with Crippen molar-refractivity contribution in [3.63, 3.8) is 0 Å². The zero-order valence-corrected chi connectivity index (χ0v) is 14.2. The molecule has 3 rings (SSSR count). The molecule has 124 valence electrons. The van der Waals surface area contributed by atoms with Gasteiger partial charge in [0.05, 0.1) is 17.4 Å². The number of aromatic amines is 1. The highest BCUT2D eigenvalue weighted by Crippen LogP contribution is 2.17. The van der Waals surface area contributed by atoms with E-state index in [0.717, 1.165) is 44.7 Å². The van der Waals surface area contributed by atoms with Crippen LogP contribution < -0.4 is 10.9 Å². The second kappa shape index (κ2) is 7.43. The average Bonchev–Trinajstić information content (AvgIpc) is 2.56. The highest BCUT2D eigenvalue weighted by Gasteiger charge is 2.21.